The highest BCUT2D eigenvalue weighted by Crippen LogP contribution is 2.37. The van der Waals surface area contributed by atoms with Crippen LogP contribution in [0.25, 0.3) is 0 Å². The van der Waals surface area contributed by atoms with Gasteiger partial charge in [-0.05, 0) is 44.2 Å². The van der Waals surface area contributed by atoms with E-state index in [4.69, 9.17) is 13.7 Å². The van der Waals surface area contributed by atoms with Crippen LogP contribution in [0.4, 0.5) is 5.69 Å². The van der Waals surface area contributed by atoms with Crippen LogP contribution in [-0.2, 0) is 19.1 Å². The molecule has 0 radical (unpaired) electrons. The SMILES string of the molecule is CC(=O)/C=C/C1Oc2ccc([N+](=O)[O-])cc2OC1COS(=O)(=O)c1ccc(C)cc1. The fraction of sp³-hybridized carbons (Fsp3) is 0.250. The second kappa shape index (κ2) is 8.64. The van der Waals surface area contributed by atoms with Crippen molar-refractivity contribution in [3.8, 4) is 11.5 Å². The first kappa shape index (κ1) is 21.5. The Morgan fingerprint density at radius 2 is 1.87 bits per heavy atom. The molecule has 1 aliphatic rings. The van der Waals surface area contributed by atoms with Gasteiger partial charge in [-0.3, -0.25) is 19.1 Å². The first-order valence-electron chi connectivity index (χ1n) is 8.92. The molecule has 2 aromatic rings. The minimum atomic E-state index is -4.06. The lowest BCUT2D eigenvalue weighted by Gasteiger charge is -2.32. The van der Waals surface area contributed by atoms with Gasteiger partial charge in [0.05, 0.1) is 15.9 Å². The van der Waals surface area contributed by atoms with Crippen molar-refractivity contribution in [2.24, 2.45) is 0 Å². The minimum absolute atomic E-state index is 0.0170. The predicted molar refractivity (Wildman–Crippen MR) is 106 cm³/mol. The number of aryl methyl sites for hydroxylation is 1. The molecule has 1 heterocycles. The molecule has 0 aliphatic carbocycles. The molecule has 3 rings (SSSR count). The fourth-order valence-corrected chi connectivity index (χ4v) is 3.62. The van der Waals surface area contributed by atoms with Gasteiger partial charge in [0.25, 0.3) is 15.8 Å². The Morgan fingerprint density at radius 3 is 2.50 bits per heavy atom. The number of ketones is 1. The molecule has 2 unspecified atom stereocenters. The maximum Gasteiger partial charge on any atom is 0.297 e. The molecule has 1 aliphatic heterocycles. The number of hydrogen-bond donors (Lipinski definition) is 0. The van der Waals surface area contributed by atoms with Crippen molar-refractivity contribution in [1.29, 1.82) is 0 Å². The Morgan fingerprint density at radius 1 is 1.17 bits per heavy atom. The molecule has 0 aromatic heterocycles. The zero-order valence-corrected chi connectivity index (χ0v) is 17.0. The number of hydrogen-bond acceptors (Lipinski definition) is 8. The summed E-state index contributed by atoms with van der Waals surface area (Å²) in [4.78, 5) is 21.7. The number of rotatable bonds is 7. The van der Waals surface area contributed by atoms with Crippen molar-refractivity contribution in [2.75, 3.05) is 6.61 Å². The van der Waals surface area contributed by atoms with Crippen LogP contribution in [0, 0.1) is 17.0 Å². The number of nitro benzene ring substituents is 1. The third-order valence-electron chi connectivity index (χ3n) is 4.26. The standard InChI is InChI=1S/C20H19NO8S/c1-13-3-7-16(8-4-13)30(25,26)27-12-20-18(9-5-14(2)22)28-17-10-6-15(21(23)24)11-19(17)29-20/h3-11,18,20H,12H2,1-2H3/b9-5+. The Kier molecular flexibility index (Phi) is 6.18. The van der Waals surface area contributed by atoms with Gasteiger partial charge in [-0.2, -0.15) is 8.42 Å². The molecule has 2 aromatic carbocycles. The van der Waals surface area contributed by atoms with Gasteiger partial charge in [-0.15, -0.1) is 0 Å². The summed E-state index contributed by atoms with van der Waals surface area (Å²) < 4.78 is 41.6. The van der Waals surface area contributed by atoms with E-state index in [-0.39, 0.29) is 27.9 Å². The summed E-state index contributed by atoms with van der Waals surface area (Å²) in [6.45, 7) is 2.75. The zero-order valence-electron chi connectivity index (χ0n) is 16.2. The summed E-state index contributed by atoms with van der Waals surface area (Å²) in [6, 6.07) is 9.95. The number of carbonyl (C=O) groups is 1. The molecule has 2 atom stereocenters. The topological polar surface area (TPSA) is 122 Å². The van der Waals surface area contributed by atoms with Crippen LogP contribution in [0.5, 0.6) is 11.5 Å². The second-order valence-corrected chi connectivity index (χ2v) is 8.26. The molecular weight excluding hydrogens is 414 g/mol. The fourth-order valence-electron chi connectivity index (χ4n) is 2.70. The van der Waals surface area contributed by atoms with Gasteiger partial charge in [0, 0.05) is 6.07 Å². The van der Waals surface area contributed by atoms with Crippen LogP contribution in [0.3, 0.4) is 0 Å². The van der Waals surface area contributed by atoms with E-state index in [0.717, 1.165) is 5.56 Å². The summed E-state index contributed by atoms with van der Waals surface area (Å²) in [7, 11) is -4.06. The summed E-state index contributed by atoms with van der Waals surface area (Å²) >= 11 is 0. The Balaban J connectivity index is 1.84. The van der Waals surface area contributed by atoms with E-state index < -0.39 is 33.9 Å². The molecule has 10 heteroatoms. The van der Waals surface area contributed by atoms with Crippen LogP contribution in [0.1, 0.15) is 12.5 Å². The van der Waals surface area contributed by atoms with Crippen molar-refractivity contribution in [1.82, 2.24) is 0 Å². The third kappa shape index (κ3) is 5.02. The van der Waals surface area contributed by atoms with E-state index in [1.165, 1.54) is 49.4 Å². The highest BCUT2D eigenvalue weighted by Gasteiger charge is 2.33. The number of benzene rings is 2. The number of carbonyl (C=O) groups excluding carboxylic acids is 1. The molecule has 0 fully saturated rings. The lowest BCUT2D eigenvalue weighted by atomic mass is 10.1. The molecule has 0 N–H and O–H groups in total. The molecule has 0 amide bonds. The largest absolute Gasteiger partial charge is 0.480 e. The van der Waals surface area contributed by atoms with Crippen molar-refractivity contribution in [3.63, 3.8) is 0 Å². The van der Waals surface area contributed by atoms with E-state index in [1.54, 1.807) is 12.1 Å². The van der Waals surface area contributed by atoms with Gasteiger partial charge in [0.1, 0.15) is 6.61 Å². The van der Waals surface area contributed by atoms with Gasteiger partial charge in [-0.25, -0.2) is 0 Å². The Bertz CT molecular complexity index is 1090. The van der Waals surface area contributed by atoms with Gasteiger partial charge in [0.15, 0.2) is 29.5 Å². The summed E-state index contributed by atoms with van der Waals surface area (Å²) in [5.74, 6) is 0.0782. The monoisotopic (exact) mass is 433 g/mol. The van der Waals surface area contributed by atoms with Crippen molar-refractivity contribution in [3.05, 3.63) is 70.3 Å². The highest BCUT2D eigenvalue weighted by molar-refractivity contribution is 7.86. The number of ether oxygens (including phenoxy) is 2. The van der Waals surface area contributed by atoms with E-state index >= 15 is 0 Å². The van der Waals surface area contributed by atoms with Gasteiger partial charge >= 0.3 is 0 Å². The molecule has 30 heavy (non-hydrogen) atoms. The average molecular weight is 433 g/mol. The molecule has 0 saturated heterocycles. The molecule has 0 spiro atoms. The van der Waals surface area contributed by atoms with Gasteiger partial charge in [0.2, 0.25) is 0 Å². The molecule has 9 nitrogen and oxygen atoms in total. The number of non-ortho nitro benzene ring substituents is 1. The molecule has 158 valence electrons. The van der Waals surface area contributed by atoms with Gasteiger partial charge in [-0.1, -0.05) is 17.7 Å². The number of fused-ring (bicyclic) bond motifs is 1. The maximum atomic E-state index is 12.5. The van der Waals surface area contributed by atoms with Crippen LogP contribution in [-0.4, -0.2) is 37.9 Å². The van der Waals surface area contributed by atoms with E-state index in [9.17, 15) is 23.3 Å². The van der Waals surface area contributed by atoms with Crippen molar-refractivity contribution in [2.45, 2.75) is 31.0 Å². The number of nitrogens with zero attached hydrogens (tertiary/aromatic N) is 1. The predicted octanol–water partition coefficient (Wildman–Crippen LogP) is 2.96. The summed E-state index contributed by atoms with van der Waals surface area (Å²) in [5.41, 5.74) is 0.688. The third-order valence-corrected chi connectivity index (χ3v) is 5.56. The minimum Gasteiger partial charge on any atom is -0.480 e. The van der Waals surface area contributed by atoms with E-state index in [2.05, 4.69) is 0 Å². The van der Waals surface area contributed by atoms with Crippen LogP contribution in [0.15, 0.2) is 59.5 Å². The number of allylic oxidation sites excluding steroid dienone is 1. The maximum absolute atomic E-state index is 12.5. The smallest absolute Gasteiger partial charge is 0.297 e. The van der Waals surface area contributed by atoms with Gasteiger partial charge < -0.3 is 9.47 Å². The van der Waals surface area contributed by atoms with E-state index in [1.807, 2.05) is 6.92 Å². The molecular formula is C20H19NO8S. The molecule has 0 bridgehead atoms. The highest BCUT2D eigenvalue weighted by atomic mass is 32.2. The van der Waals surface area contributed by atoms with Crippen molar-refractivity contribution >= 4 is 21.6 Å². The molecule has 0 saturated carbocycles. The zero-order chi connectivity index (χ0) is 21.9. The van der Waals surface area contributed by atoms with Crippen LogP contribution in [0.2, 0.25) is 0 Å². The number of nitro groups is 1. The average Bonchev–Trinajstić information content (AvgIpc) is 2.70. The first-order valence-corrected chi connectivity index (χ1v) is 10.3. The van der Waals surface area contributed by atoms with Crippen molar-refractivity contribution < 1.29 is 31.8 Å². The Labute approximate surface area is 173 Å². The first-order chi connectivity index (χ1) is 14.2. The summed E-state index contributed by atoms with van der Waals surface area (Å²) in [6.07, 6.45) is 0.900. The normalized spacial score (nSPS) is 18.3. The quantitative estimate of drug-likeness (QED) is 0.283. The second-order valence-electron chi connectivity index (χ2n) is 6.65. The lowest BCUT2D eigenvalue weighted by molar-refractivity contribution is -0.385. The van der Waals surface area contributed by atoms with Crippen LogP contribution < -0.4 is 9.47 Å². The summed E-state index contributed by atoms with van der Waals surface area (Å²) in [5, 5.41) is 11.0. The lowest BCUT2D eigenvalue weighted by Crippen LogP contribution is -2.42. The van der Waals surface area contributed by atoms with Crippen LogP contribution >= 0.6 is 0 Å². The van der Waals surface area contributed by atoms with E-state index in [0.29, 0.717) is 0 Å². The Hall–Kier alpha value is -3.24.